The zero-order valence-corrected chi connectivity index (χ0v) is 19.7. The standard InChI is InChI=1S/C26H18Cl2N2O4/c1-14-4-3-5-16(10-14)22-21(23(31)19-11-17(27)12-20(28)25(19)34-2)24(32)26(33)30(22)18-8-6-15(13-29)7-9-18/h3-12,22,31H,1-2H3/b23-21+. The first-order valence-corrected chi connectivity index (χ1v) is 10.9. The minimum absolute atomic E-state index is 0.0930. The number of aliphatic hydroxyl groups excluding tert-OH is 1. The van der Waals surface area contributed by atoms with Crippen LogP contribution in [0.1, 0.15) is 28.3 Å². The molecule has 1 fully saturated rings. The number of Topliss-reactive ketones (excluding diaryl/α,β-unsaturated/α-hetero) is 1. The van der Waals surface area contributed by atoms with Crippen LogP contribution in [0.2, 0.25) is 10.0 Å². The largest absolute Gasteiger partial charge is 0.507 e. The molecule has 1 heterocycles. The van der Waals surface area contributed by atoms with Gasteiger partial charge in [0.25, 0.3) is 11.7 Å². The summed E-state index contributed by atoms with van der Waals surface area (Å²) in [4.78, 5) is 27.9. The number of amides is 1. The Morgan fingerprint density at radius 2 is 1.79 bits per heavy atom. The van der Waals surface area contributed by atoms with Gasteiger partial charge in [0.15, 0.2) is 0 Å². The van der Waals surface area contributed by atoms with Crippen molar-refractivity contribution >= 4 is 46.3 Å². The number of carbonyl (C=O) groups excluding carboxylic acids is 2. The van der Waals surface area contributed by atoms with Crippen LogP contribution in [0.15, 0.2) is 66.2 Å². The molecule has 0 spiro atoms. The van der Waals surface area contributed by atoms with Gasteiger partial charge in [-0.15, -0.1) is 0 Å². The van der Waals surface area contributed by atoms with Crippen molar-refractivity contribution in [1.82, 2.24) is 0 Å². The predicted molar refractivity (Wildman–Crippen MR) is 130 cm³/mol. The molecule has 4 rings (SSSR count). The van der Waals surface area contributed by atoms with Crippen molar-refractivity contribution in [1.29, 1.82) is 5.26 Å². The molecule has 170 valence electrons. The van der Waals surface area contributed by atoms with Gasteiger partial charge in [0.05, 0.1) is 40.9 Å². The van der Waals surface area contributed by atoms with Crippen LogP contribution in [0, 0.1) is 18.3 Å². The molecule has 1 aliphatic rings. The lowest BCUT2D eigenvalue weighted by atomic mass is 9.94. The summed E-state index contributed by atoms with van der Waals surface area (Å²) in [5.74, 6) is -2.02. The second kappa shape index (κ2) is 9.22. The first-order valence-electron chi connectivity index (χ1n) is 10.2. The fourth-order valence-electron chi connectivity index (χ4n) is 4.04. The maximum Gasteiger partial charge on any atom is 0.300 e. The Morgan fingerprint density at radius 3 is 2.41 bits per heavy atom. The van der Waals surface area contributed by atoms with E-state index in [4.69, 9.17) is 33.2 Å². The van der Waals surface area contributed by atoms with Crippen molar-refractivity contribution in [2.75, 3.05) is 12.0 Å². The average Bonchev–Trinajstić information content (AvgIpc) is 3.08. The minimum atomic E-state index is -0.935. The van der Waals surface area contributed by atoms with E-state index in [2.05, 4.69) is 0 Å². The number of ketones is 1. The Morgan fingerprint density at radius 1 is 1.09 bits per heavy atom. The van der Waals surface area contributed by atoms with E-state index in [1.54, 1.807) is 36.4 Å². The smallest absolute Gasteiger partial charge is 0.300 e. The summed E-state index contributed by atoms with van der Waals surface area (Å²) in [7, 11) is 1.37. The lowest BCUT2D eigenvalue weighted by Gasteiger charge is -2.26. The highest BCUT2D eigenvalue weighted by atomic mass is 35.5. The van der Waals surface area contributed by atoms with Gasteiger partial charge in [-0.2, -0.15) is 5.26 Å². The van der Waals surface area contributed by atoms with Gasteiger partial charge < -0.3 is 9.84 Å². The van der Waals surface area contributed by atoms with Crippen LogP contribution in [-0.4, -0.2) is 23.9 Å². The number of nitriles is 1. The number of benzene rings is 3. The summed E-state index contributed by atoms with van der Waals surface area (Å²) in [6.07, 6.45) is 0. The van der Waals surface area contributed by atoms with E-state index in [1.165, 1.54) is 24.1 Å². The number of aryl methyl sites for hydroxylation is 1. The van der Waals surface area contributed by atoms with E-state index in [0.717, 1.165) is 5.56 Å². The number of hydrogen-bond donors (Lipinski definition) is 1. The quantitative estimate of drug-likeness (QED) is 0.282. The number of ether oxygens (including phenoxy) is 1. The molecule has 6 nitrogen and oxygen atoms in total. The highest BCUT2D eigenvalue weighted by molar-refractivity contribution is 6.52. The van der Waals surface area contributed by atoms with E-state index in [0.29, 0.717) is 16.8 Å². The molecular weight excluding hydrogens is 475 g/mol. The molecular formula is C26H18Cl2N2O4. The first kappa shape index (κ1) is 23.4. The van der Waals surface area contributed by atoms with Crippen LogP contribution >= 0.6 is 23.2 Å². The number of rotatable bonds is 4. The average molecular weight is 493 g/mol. The van der Waals surface area contributed by atoms with Gasteiger partial charge in [-0.05, 0) is 48.9 Å². The SMILES string of the molecule is COc1c(Cl)cc(Cl)cc1/C(O)=C1\C(=O)C(=O)N(c2ccc(C#N)cc2)C1c1cccc(C)c1. The molecule has 1 aliphatic heterocycles. The first-order chi connectivity index (χ1) is 16.3. The molecule has 0 bridgehead atoms. The minimum Gasteiger partial charge on any atom is -0.507 e. The molecule has 3 aromatic rings. The fourth-order valence-corrected chi connectivity index (χ4v) is 4.61. The third kappa shape index (κ3) is 4.01. The van der Waals surface area contributed by atoms with Crippen LogP contribution in [-0.2, 0) is 9.59 Å². The van der Waals surface area contributed by atoms with E-state index in [9.17, 15) is 14.7 Å². The zero-order chi connectivity index (χ0) is 24.6. The third-order valence-corrected chi connectivity index (χ3v) is 6.04. The van der Waals surface area contributed by atoms with Crippen molar-refractivity contribution < 1.29 is 19.4 Å². The van der Waals surface area contributed by atoms with Crippen molar-refractivity contribution in [3.63, 3.8) is 0 Å². The Labute approximate surface area is 206 Å². The Balaban J connectivity index is 2.00. The summed E-state index contributed by atoms with van der Waals surface area (Å²) in [5, 5.41) is 20.8. The van der Waals surface area contributed by atoms with Crippen LogP contribution in [0.4, 0.5) is 5.69 Å². The van der Waals surface area contributed by atoms with Crippen molar-refractivity contribution in [2.45, 2.75) is 13.0 Å². The van der Waals surface area contributed by atoms with Crippen molar-refractivity contribution in [2.24, 2.45) is 0 Å². The second-order valence-corrected chi connectivity index (χ2v) is 8.55. The summed E-state index contributed by atoms with van der Waals surface area (Å²) < 4.78 is 5.35. The van der Waals surface area contributed by atoms with Crippen molar-refractivity contribution in [3.8, 4) is 11.8 Å². The van der Waals surface area contributed by atoms with E-state index in [-0.39, 0.29) is 26.9 Å². The normalized spacial score (nSPS) is 17.0. The number of aliphatic hydroxyl groups is 1. The molecule has 1 amide bonds. The second-order valence-electron chi connectivity index (χ2n) is 7.71. The number of halogens is 2. The molecule has 1 N–H and O–H groups in total. The van der Waals surface area contributed by atoms with E-state index < -0.39 is 23.5 Å². The number of anilines is 1. The number of carbonyl (C=O) groups is 2. The van der Waals surface area contributed by atoms with Crippen LogP contribution < -0.4 is 9.64 Å². The topological polar surface area (TPSA) is 90.6 Å². The lowest BCUT2D eigenvalue weighted by Crippen LogP contribution is -2.29. The summed E-state index contributed by atoms with van der Waals surface area (Å²) in [6, 6.07) is 17.6. The predicted octanol–water partition coefficient (Wildman–Crippen LogP) is 5.81. The summed E-state index contributed by atoms with van der Waals surface area (Å²) >= 11 is 12.4. The zero-order valence-electron chi connectivity index (χ0n) is 18.2. The highest BCUT2D eigenvalue weighted by Crippen LogP contribution is 2.45. The van der Waals surface area contributed by atoms with Crippen molar-refractivity contribution in [3.05, 3.63) is 98.5 Å². The Hall–Kier alpha value is -3.79. The Bertz CT molecular complexity index is 1390. The number of hydrogen-bond acceptors (Lipinski definition) is 5. The van der Waals surface area contributed by atoms with E-state index >= 15 is 0 Å². The summed E-state index contributed by atoms with van der Waals surface area (Å²) in [6.45, 7) is 1.89. The Kier molecular flexibility index (Phi) is 6.34. The molecule has 1 unspecified atom stereocenters. The van der Waals surface area contributed by atoms with Gasteiger partial charge in [-0.3, -0.25) is 14.5 Å². The molecule has 0 aromatic heterocycles. The van der Waals surface area contributed by atoms with E-state index in [1.807, 2.05) is 25.1 Å². The number of methoxy groups -OCH3 is 1. The van der Waals surface area contributed by atoms with Gasteiger partial charge in [-0.25, -0.2) is 0 Å². The molecule has 8 heteroatoms. The summed E-state index contributed by atoms with van der Waals surface area (Å²) in [5.41, 5.74) is 2.31. The monoisotopic (exact) mass is 492 g/mol. The van der Waals surface area contributed by atoms with Gasteiger partial charge in [-0.1, -0.05) is 53.0 Å². The van der Waals surface area contributed by atoms with Crippen LogP contribution in [0.25, 0.3) is 5.76 Å². The van der Waals surface area contributed by atoms with Crippen LogP contribution in [0.3, 0.4) is 0 Å². The molecule has 0 saturated carbocycles. The maximum absolute atomic E-state index is 13.3. The van der Waals surface area contributed by atoms with Crippen LogP contribution in [0.5, 0.6) is 5.75 Å². The van der Waals surface area contributed by atoms with Gasteiger partial charge in [0.1, 0.15) is 11.5 Å². The maximum atomic E-state index is 13.3. The molecule has 0 radical (unpaired) electrons. The van der Waals surface area contributed by atoms with Gasteiger partial charge in [0.2, 0.25) is 0 Å². The molecule has 1 atom stereocenters. The highest BCUT2D eigenvalue weighted by Gasteiger charge is 2.47. The molecule has 0 aliphatic carbocycles. The van der Waals surface area contributed by atoms with Gasteiger partial charge >= 0.3 is 0 Å². The van der Waals surface area contributed by atoms with Gasteiger partial charge in [0, 0.05) is 10.7 Å². The number of nitrogens with zero attached hydrogens (tertiary/aromatic N) is 2. The molecule has 34 heavy (non-hydrogen) atoms. The lowest BCUT2D eigenvalue weighted by molar-refractivity contribution is -0.132. The molecule has 3 aromatic carbocycles. The fraction of sp³-hybridized carbons (Fsp3) is 0.115. The molecule has 1 saturated heterocycles. The third-order valence-electron chi connectivity index (χ3n) is 5.54.